The van der Waals surface area contributed by atoms with Crippen molar-refractivity contribution >= 4 is 23.8 Å². The van der Waals surface area contributed by atoms with Crippen LogP contribution in [0.5, 0.6) is 0 Å². The lowest BCUT2D eigenvalue weighted by atomic mass is 10.2. The fraction of sp³-hybridized carbons (Fsp3) is 0.500. The number of hydrogen-bond donors (Lipinski definition) is 2. The molecule has 16 heavy (non-hydrogen) atoms. The number of benzene rings is 1. The van der Waals surface area contributed by atoms with Gasteiger partial charge in [-0.25, -0.2) is 0 Å². The van der Waals surface area contributed by atoms with Gasteiger partial charge in [0.1, 0.15) is 0 Å². The topological polar surface area (TPSA) is 49.5 Å². The van der Waals surface area contributed by atoms with Gasteiger partial charge in [-0.2, -0.15) is 0 Å². The lowest BCUT2D eigenvalue weighted by Gasteiger charge is -2.22. The summed E-state index contributed by atoms with van der Waals surface area (Å²) in [4.78, 5) is 2.32. The highest BCUT2D eigenvalue weighted by Gasteiger charge is 2.14. The molecule has 1 saturated heterocycles. The minimum Gasteiger partial charge on any atom is -0.399 e. The van der Waals surface area contributed by atoms with E-state index in [1.807, 2.05) is 24.3 Å². The molecule has 0 spiro atoms. The van der Waals surface area contributed by atoms with Crippen LogP contribution in [0.4, 0.5) is 11.4 Å². The van der Waals surface area contributed by atoms with Gasteiger partial charge < -0.3 is 15.7 Å². The lowest BCUT2D eigenvalue weighted by Crippen LogP contribution is -2.24. The zero-order chi connectivity index (χ0) is 10.7. The maximum absolute atomic E-state index is 9.55. The first-order valence-electron chi connectivity index (χ1n) is 5.54. The molecule has 1 aromatic rings. The highest BCUT2D eigenvalue weighted by Crippen LogP contribution is 2.20. The van der Waals surface area contributed by atoms with E-state index in [0.29, 0.717) is 0 Å². The molecule has 0 bridgehead atoms. The van der Waals surface area contributed by atoms with Crippen LogP contribution in [0.3, 0.4) is 0 Å². The number of nitrogen functional groups attached to an aromatic ring is 1. The van der Waals surface area contributed by atoms with Gasteiger partial charge in [-0.3, -0.25) is 0 Å². The van der Waals surface area contributed by atoms with E-state index >= 15 is 0 Å². The van der Waals surface area contributed by atoms with E-state index in [0.717, 1.165) is 38.0 Å². The molecular weight excluding hydrogens is 224 g/mol. The van der Waals surface area contributed by atoms with Gasteiger partial charge in [0.25, 0.3) is 0 Å². The second kappa shape index (κ2) is 5.97. The number of rotatable bonds is 1. The van der Waals surface area contributed by atoms with Crippen LogP contribution in [-0.2, 0) is 0 Å². The third kappa shape index (κ3) is 3.29. The highest BCUT2D eigenvalue weighted by atomic mass is 35.5. The minimum absolute atomic E-state index is 0. The predicted octanol–water partition coefficient (Wildman–Crippen LogP) is 2.04. The van der Waals surface area contributed by atoms with Crippen molar-refractivity contribution < 1.29 is 5.11 Å². The van der Waals surface area contributed by atoms with E-state index in [2.05, 4.69) is 4.90 Å². The summed E-state index contributed by atoms with van der Waals surface area (Å²) in [5.41, 5.74) is 7.66. The molecule has 1 aromatic carbocycles. The molecule has 3 N–H and O–H groups in total. The second-order valence-corrected chi connectivity index (χ2v) is 4.16. The summed E-state index contributed by atoms with van der Waals surface area (Å²) in [7, 11) is 0. The Hall–Kier alpha value is -0.930. The third-order valence-corrected chi connectivity index (χ3v) is 2.96. The standard InChI is InChI=1S/C12H18N2O.ClH/c13-10-3-5-11(6-4-10)14-8-1-2-12(15)7-9-14;/h3-6,12,15H,1-2,7-9,13H2;1H. The van der Waals surface area contributed by atoms with Crippen molar-refractivity contribution in [1.29, 1.82) is 0 Å². The van der Waals surface area contributed by atoms with E-state index in [-0.39, 0.29) is 18.5 Å². The molecule has 0 saturated carbocycles. The molecule has 1 aliphatic rings. The number of aliphatic hydroxyl groups excluding tert-OH is 1. The van der Waals surface area contributed by atoms with Gasteiger partial charge in [0.2, 0.25) is 0 Å². The Labute approximate surface area is 103 Å². The maximum Gasteiger partial charge on any atom is 0.0557 e. The minimum atomic E-state index is -0.121. The number of nitrogens with zero attached hydrogens (tertiary/aromatic N) is 1. The van der Waals surface area contributed by atoms with Crippen molar-refractivity contribution in [1.82, 2.24) is 0 Å². The van der Waals surface area contributed by atoms with Crippen LogP contribution < -0.4 is 10.6 Å². The first-order valence-corrected chi connectivity index (χ1v) is 5.54. The Balaban J connectivity index is 0.00000128. The van der Waals surface area contributed by atoms with E-state index in [4.69, 9.17) is 5.73 Å². The Morgan fingerprint density at radius 2 is 1.81 bits per heavy atom. The summed E-state index contributed by atoms with van der Waals surface area (Å²) in [5, 5.41) is 9.55. The van der Waals surface area contributed by atoms with E-state index in [1.165, 1.54) is 5.69 Å². The molecule has 0 amide bonds. The van der Waals surface area contributed by atoms with Crippen molar-refractivity contribution in [2.45, 2.75) is 25.4 Å². The average molecular weight is 243 g/mol. The molecule has 0 radical (unpaired) electrons. The van der Waals surface area contributed by atoms with E-state index in [1.54, 1.807) is 0 Å². The Bertz CT molecular complexity index is 315. The van der Waals surface area contributed by atoms with Gasteiger partial charge in [0.05, 0.1) is 6.10 Å². The van der Waals surface area contributed by atoms with E-state index in [9.17, 15) is 5.11 Å². The zero-order valence-corrected chi connectivity index (χ0v) is 10.1. The first kappa shape index (κ1) is 13.1. The van der Waals surface area contributed by atoms with Crippen molar-refractivity contribution in [3.63, 3.8) is 0 Å². The van der Waals surface area contributed by atoms with Gasteiger partial charge in [0.15, 0.2) is 0 Å². The van der Waals surface area contributed by atoms with Crippen LogP contribution in [0.1, 0.15) is 19.3 Å². The van der Waals surface area contributed by atoms with Crippen molar-refractivity contribution in [2.75, 3.05) is 23.7 Å². The molecule has 1 aliphatic heterocycles. The summed E-state index contributed by atoms with van der Waals surface area (Å²) >= 11 is 0. The quantitative estimate of drug-likeness (QED) is 0.741. The highest BCUT2D eigenvalue weighted by molar-refractivity contribution is 5.85. The van der Waals surface area contributed by atoms with Gasteiger partial charge in [0, 0.05) is 24.5 Å². The van der Waals surface area contributed by atoms with Crippen molar-refractivity contribution in [2.24, 2.45) is 0 Å². The van der Waals surface area contributed by atoms with Crippen molar-refractivity contribution in [3.05, 3.63) is 24.3 Å². The molecular formula is C12H19ClN2O. The number of halogens is 1. The van der Waals surface area contributed by atoms with Crippen LogP contribution in [0.2, 0.25) is 0 Å². The van der Waals surface area contributed by atoms with Crippen LogP contribution >= 0.6 is 12.4 Å². The Morgan fingerprint density at radius 1 is 1.12 bits per heavy atom. The van der Waals surface area contributed by atoms with Gasteiger partial charge in [-0.1, -0.05) is 0 Å². The average Bonchev–Trinajstić information content (AvgIpc) is 2.44. The molecule has 3 nitrogen and oxygen atoms in total. The van der Waals surface area contributed by atoms with Gasteiger partial charge in [-0.15, -0.1) is 12.4 Å². The van der Waals surface area contributed by atoms with Gasteiger partial charge >= 0.3 is 0 Å². The fourth-order valence-corrected chi connectivity index (χ4v) is 2.02. The number of anilines is 2. The maximum atomic E-state index is 9.55. The second-order valence-electron chi connectivity index (χ2n) is 4.16. The molecule has 4 heteroatoms. The molecule has 0 aromatic heterocycles. The summed E-state index contributed by atoms with van der Waals surface area (Å²) < 4.78 is 0. The molecule has 1 unspecified atom stereocenters. The zero-order valence-electron chi connectivity index (χ0n) is 9.30. The molecule has 1 fully saturated rings. The lowest BCUT2D eigenvalue weighted by molar-refractivity contribution is 0.161. The summed E-state index contributed by atoms with van der Waals surface area (Å²) in [6.45, 7) is 1.96. The smallest absolute Gasteiger partial charge is 0.0557 e. The SMILES string of the molecule is Cl.Nc1ccc(N2CCCC(O)CC2)cc1. The number of aliphatic hydroxyl groups is 1. The first-order chi connectivity index (χ1) is 7.25. The molecule has 0 aliphatic carbocycles. The summed E-state index contributed by atoms with van der Waals surface area (Å²) in [6, 6.07) is 7.95. The van der Waals surface area contributed by atoms with Gasteiger partial charge in [-0.05, 0) is 43.5 Å². The van der Waals surface area contributed by atoms with Crippen LogP contribution in [0.15, 0.2) is 24.3 Å². The molecule has 2 rings (SSSR count). The monoisotopic (exact) mass is 242 g/mol. The summed E-state index contributed by atoms with van der Waals surface area (Å²) in [6.07, 6.45) is 2.73. The largest absolute Gasteiger partial charge is 0.399 e. The molecule has 1 heterocycles. The molecule has 90 valence electrons. The normalized spacial score (nSPS) is 21.1. The Kier molecular flexibility index (Phi) is 4.90. The Morgan fingerprint density at radius 3 is 2.50 bits per heavy atom. The summed E-state index contributed by atoms with van der Waals surface area (Å²) in [5.74, 6) is 0. The number of nitrogens with two attached hydrogens (primary N) is 1. The third-order valence-electron chi connectivity index (χ3n) is 2.96. The van der Waals surface area contributed by atoms with Crippen LogP contribution in [-0.4, -0.2) is 24.3 Å². The fourth-order valence-electron chi connectivity index (χ4n) is 2.02. The van der Waals surface area contributed by atoms with Crippen LogP contribution in [0, 0.1) is 0 Å². The van der Waals surface area contributed by atoms with Crippen molar-refractivity contribution in [3.8, 4) is 0 Å². The molecule has 1 atom stereocenters. The van der Waals surface area contributed by atoms with Crippen LogP contribution in [0.25, 0.3) is 0 Å². The van der Waals surface area contributed by atoms with E-state index < -0.39 is 0 Å². The number of hydrogen-bond acceptors (Lipinski definition) is 3. The predicted molar refractivity (Wildman–Crippen MR) is 70.2 cm³/mol.